The monoisotopic (exact) mass is 480 g/mol. The molecule has 6 heteroatoms. The SMILES string of the molecule is CC[C@H]1C#CC[C@H]([C@H](O)CCc2ccc(O)c(OCCCc3ccnc(N)c3)c2)[C@@H](O)CCCC1. The van der Waals surface area contributed by atoms with Crippen LogP contribution in [-0.4, -0.2) is 39.1 Å². The number of phenols is 1. The fourth-order valence-corrected chi connectivity index (χ4v) is 4.65. The molecule has 3 rings (SSSR count). The molecule has 0 spiro atoms. The summed E-state index contributed by atoms with van der Waals surface area (Å²) >= 11 is 0. The van der Waals surface area contributed by atoms with Gasteiger partial charge in [-0.1, -0.05) is 31.8 Å². The zero-order chi connectivity index (χ0) is 25.0. The van der Waals surface area contributed by atoms with Gasteiger partial charge in [0.05, 0.1) is 18.8 Å². The van der Waals surface area contributed by atoms with E-state index in [0.29, 0.717) is 49.8 Å². The number of nitrogen functional groups attached to an aromatic ring is 1. The first kappa shape index (κ1) is 26.8. The molecule has 0 aliphatic heterocycles. The van der Waals surface area contributed by atoms with Crippen molar-refractivity contribution in [2.75, 3.05) is 12.3 Å². The van der Waals surface area contributed by atoms with Gasteiger partial charge in [-0.15, -0.1) is 5.92 Å². The molecule has 0 fully saturated rings. The van der Waals surface area contributed by atoms with Crippen LogP contribution < -0.4 is 10.5 Å². The minimum Gasteiger partial charge on any atom is -0.504 e. The van der Waals surface area contributed by atoms with Crippen molar-refractivity contribution in [3.8, 4) is 23.3 Å². The standard InChI is InChI=1S/C29H40N2O4/c1-2-21-7-3-4-11-25(32)24(10-5-8-21)26(33)14-12-23-13-15-27(34)28(19-23)35-18-6-9-22-16-17-31-29(30)20-22/h13,15-17,19-21,24-26,32-34H,2-4,6-7,9-12,14,18H2,1H3,(H2,30,31)/t21-,24+,25+,26-/m1/s1. The summed E-state index contributed by atoms with van der Waals surface area (Å²) in [5.74, 6) is 7.82. The van der Waals surface area contributed by atoms with Crippen LogP contribution >= 0.6 is 0 Å². The van der Waals surface area contributed by atoms with Gasteiger partial charge in [-0.05, 0) is 80.3 Å². The molecule has 1 heterocycles. The summed E-state index contributed by atoms with van der Waals surface area (Å²) in [6.07, 6.45) is 8.68. The molecule has 0 radical (unpaired) electrons. The van der Waals surface area contributed by atoms with Crippen LogP contribution in [0.15, 0.2) is 36.5 Å². The van der Waals surface area contributed by atoms with Crippen molar-refractivity contribution in [3.05, 3.63) is 47.7 Å². The van der Waals surface area contributed by atoms with Crippen LogP contribution in [0.25, 0.3) is 0 Å². The molecule has 0 saturated carbocycles. The van der Waals surface area contributed by atoms with Crippen LogP contribution in [0.2, 0.25) is 0 Å². The summed E-state index contributed by atoms with van der Waals surface area (Å²) < 4.78 is 5.83. The second kappa shape index (κ2) is 14.0. The van der Waals surface area contributed by atoms with E-state index in [1.807, 2.05) is 24.3 Å². The second-order valence-corrected chi connectivity index (χ2v) is 9.60. The highest BCUT2D eigenvalue weighted by atomic mass is 16.5. The van der Waals surface area contributed by atoms with Crippen molar-refractivity contribution in [3.63, 3.8) is 0 Å². The molecule has 1 aliphatic carbocycles. The minimum absolute atomic E-state index is 0.103. The number of phenolic OH excluding ortho intramolecular Hbond substituents is 1. The van der Waals surface area contributed by atoms with Gasteiger partial charge in [-0.3, -0.25) is 0 Å². The van der Waals surface area contributed by atoms with Crippen LogP contribution in [0, 0.1) is 23.7 Å². The number of hydrogen-bond donors (Lipinski definition) is 4. The Morgan fingerprint density at radius 1 is 1.14 bits per heavy atom. The number of aliphatic hydroxyl groups is 2. The summed E-state index contributed by atoms with van der Waals surface area (Å²) in [4.78, 5) is 4.00. The smallest absolute Gasteiger partial charge is 0.161 e. The third kappa shape index (κ3) is 8.76. The largest absolute Gasteiger partial charge is 0.504 e. The van der Waals surface area contributed by atoms with E-state index in [1.165, 1.54) is 0 Å². The predicted octanol–water partition coefficient (Wildman–Crippen LogP) is 4.65. The molecule has 0 unspecified atom stereocenters. The average molecular weight is 481 g/mol. The molecule has 1 aliphatic rings. The van der Waals surface area contributed by atoms with Gasteiger partial charge in [-0.25, -0.2) is 4.98 Å². The first-order valence-electron chi connectivity index (χ1n) is 13.0. The number of pyridine rings is 1. The molecular formula is C29H40N2O4. The number of aromatic hydroxyl groups is 1. The summed E-state index contributed by atoms with van der Waals surface area (Å²) in [7, 11) is 0. The lowest BCUT2D eigenvalue weighted by Gasteiger charge is -2.27. The number of benzene rings is 1. The van der Waals surface area contributed by atoms with Crippen LogP contribution in [0.4, 0.5) is 5.82 Å². The number of ether oxygens (including phenoxy) is 1. The molecule has 4 atom stereocenters. The Kier molecular flexibility index (Phi) is 10.7. The Morgan fingerprint density at radius 3 is 2.74 bits per heavy atom. The molecule has 0 saturated heterocycles. The normalized spacial score (nSPS) is 21.5. The van der Waals surface area contributed by atoms with E-state index in [9.17, 15) is 15.3 Å². The highest BCUT2D eigenvalue weighted by molar-refractivity contribution is 5.42. The minimum atomic E-state index is -0.634. The van der Waals surface area contributed by atoms with E-state index in [0.717, 1.165) is 49.7 Å². The first-order valence-corrected chi connectivity index (χ1v) is 13.0. The highest BCUT2D eigenvalue weighted by Crippen LogP contribution is 2.29. The number of hydrogen-bond acceptors (Lipinski definition) is 6. The predicted molar refractivity (Wildman–Crippen MR) is 139 cm³/mol. The van der Waals surface area contributed by atoms with Crippen LogP contribution in [0.1, 0.15) is 69.4 Å². The van der Waals surface area contributed by atoms with E-state index < -0.39 is 12.2 Å². The third-order valence-corrected chi connectivity index (χ3v) is 6.89. The van der Waals surface area contributed by atoms with Gasteiger partial charge in [0.25, 0.3) is 0 Å². The zero-order valence-electron chi connectivity index (χ0n) is 20.8. The van der Waals surface area contributed by atoms with Gasteiger partial charge in [0.2, 0.25) is 0 Å². The summed E-state index contributed by atoms with van der Waals surface area (Å²) in [6, 6.07) is 9.11. The summed E-state index contributed by atoms with van der Waals surface area (Å²) in [6.45, 7) is 2.63. The Morgan fingerprint density at radius 2 is 1.94 bits per heavy atom. The molecule has 2 aromatic rings. The van der Waals surface area contributed by atoms with Gasteiger partial charge >= 0.3 is 0 Å². The van der Waals surface area contributed by atoms with E-state index in [2.05, 4.69) is 23.7 Å². The van der Waals surface area contributed by atoms with Crippen molar-refractivity contribution >= 4 is 5.82 Å². The van der Waals surface area contributed by atoms with Crippen molar-refractivity contribution in [1.29, 1.82) is 0 Å². The Bertz CT molecular complexity index is 984. The second-order valence-electron chi connectivity index (χ2n) is 9.60. The van der Waals surface area contributed by atoms with E-state index in [4.69, 9.17) is 10.5 Å². The lowest BCUT2D eigenvalue weighted by molar-refractivity contribution is 0.00560. The number of aromatic nitrogens is 1. The van der Waals surface area contributed by atoms with Crippen molar-refractivity contribution in [2.45, 2.75) is 83.3 Å². The van der Waals surface area contributed by atoms with Crippen LogP contribution in [0.3, 0.4) is 0 Å². The molecule has 1 aromatic carbocycles. The first-order chi connectivity index (χ1) is 17.0. The van der Waals surface area contributed by atoms with E-state index in [1.54, 1.807) is 12.3 Å². The fraction of sp³-hybridized carbons (Fsp3) is 0.552. The number of nitrogens with two attached hydrogens (primary N) is 1. The summed E-state index contributed by atoms with van der Waals surface area (Å²) in [5.41, 5.74) is 7.80. The van der Waals surface area contributed by atoms with Crippen molar-refractivity contribution in [2.24, 2.45) is 11.8 Å². The number of nitrogens with zero attached hydrogens (tertiary/aromatic N) is 1. The Labute approximate surface area is 209 Å². The average Bonchev–Trinajstić information content (AvgIpc) is 2.85. The third-order valence-electron chi connectivity index (χ3n) is 6.89. The van der Waals surface area contributed by atoms with Gasteiger partial charge in [-0.2, -0.15) is 0 Å². The fourth-order valence-electron chi connectivity index (χ4n) is 4.65. The maximum atomic E-state index is 10.9. The maximum absolute atomic E-state index is 10.9. The lowest BCUT2D eigenvalue weighted by Crippen LogP contribution is -2.32. The van der Waals surface area contributed by atoms with Crippen LogP contribution in [0.5, 0.6) is 11.5 Å². The number of aryl methyl sites for hydroxylation is 2. The topological polar surface area (TPSA) is 109 Å². The molecule has 6 nitrogen and oxygen atoms in total. The molecule has 1 aromatic heterocycles. The molecule has 0 amide bonds. The number of aliphatic hydroxyl groups excluding tert-OH is 2. The highest BCUT2D eigenvalue weighted by Gasteiger charge is 2.26. The van der Waals surface area contributed by atoms with Crippen molar-refractivity contribution in [1.82, 2.24) is 4.98 Å². The van der Waals surface area contributed by atoms with Crippen LogP contribution in [-0.2, 0) is 12.8 Å². The Hall–Kier alpha value is -2.75. The quantitative estimate of drug-likeness (QED) is 0.291. The Balaban J connectivity index is 1.52. The molecule has 5 N–H and O–H groups in total. The molecule has 190 valence electrons. The maximum Gasteiger partial charge on any atom is 0.161 e. The summed E-state index contributed by atoms with van der Waals surface area (Å²) in [5, 5.41) is 31.8. The number of anilines is 1. The van der Waals surface area contributed by atoms with Gasteiger partial charge in [0.15, 0.2) is 11.5 Å². The zero-order valence-corrected chi connectivity index (χ0v) is 20.8. The lowest BCUT2D eigenvalue weighted by atomic mass is 9.85. The van der Waals surface area contributed by atoms with Crippen molar-refractivity contribution < 1.29 is 20.1 Å². The number of rotatable bonds is 10. The molecule has 0 bridgehead atoms. The molecule has 35 heavy (non-hydrogen) atoms. The van der Waals surface area contributed by atoms with Gasteiger partial charge in [0, 0.05) is 24.5 Å². The molecular weight excluding hydrogens is 440 g/mol. The van der Waals surface area contributed by atoms with E-state index >= 15 is 0 Å². The van der Waals surface area contributed by atoms with Gasteiger partial charge in [0.1, 0.15) is 5.82 Å². The van der Waals surface area contributed by atoms with Gasteiger partial charge < -0.3 is 25.8 Å². The van der Waals surface area contributed by atoms with E-state index in [-0.39, 0.29) is 11.7 Å².